The van der Waals surface area contributed by atoms with Crippen LogP contribution in [0.3, 0.4) is 0 Å². The van der Waals surface area contributed by atoms with Crippen LogP contribution in [0.15, 0.2) is 30.9 Å². The molecule has 12 heavy (non-hydrogen) atoms. The molecule has 1 heterocycles. The van der Waals surface area contributed by atoms with E-state index in [0.717, 1.165) is 5.69 Å². The molecule has 2 N–H and O–H groups in total. The number of hydrogen-bond acceptors (Lipinski definition) is 3. The predicted octanol–water partition coefficient (Wildman–Crippen LogP) is 1.28. The van der Waals surface area contributed by atoms with E-state index in [-0.39, 0.29) is 6.04 Å². The van der Waals surface area contributed by atoms with Gasteiger partial charge in [0.1, 0.15) is 0 Å². The number of methoxy groups -OCH3 is 1. The first kappa shape index (κ1) is 8.74. The first-order valence-electron chi connectivity index (χ1n) is 3.67. The molecule has 0 aliphatic carbocycles. The number of nitrogens with two attached hydrogens (primary N) is 1. The van der Waals surface area contributed by atoms with Gasteiger partial charge in [0.05, 0.1) is 18.8 Å². The third kappa shape index (κ3) is 1.83. The molecule has 0 aromatic carbocycles. The number of pyridine rings is 1. The summed E-state index contributed by atoms with van der Waals surface area (Å²) in [4.78, 5) is 4.14. The molecule has 0 aliphatic heterocycles. The molecule has 1 aromatic heterocycles. The van der Waals surface area contributed by atoms with Crippen LogP contribution in [0.1, 0.15) is 11.7 Å². The van der Waals surface area contributed by atoms with Crippen molar-refractivity contribution in [1.29, 1.82) is 0 Å². The molecule has 0 radical (unpaired) electrons. The van der Waals surface area contributed by atoms with E-state index in [9.17, 15) is 0 Å². The molecule has 0 fully saturated rings. The minimum atomic E-state index is -0.222. The topological polar surface area (TPSA) is 48.1 Å². The normalized spacial score (nSPS) is 12.2. The lowest BCUT2D eigenvalue weighted by Gasteiger charge is -2.06. The monoisotopic (exact) mass is 164 g/mol. The van der Waals surface area contributed by atoms with Crippen LogP contribution in [0.2, 0.25) is 0 Å². The molecule has 0 spiro atoms. The van der Waals surface area contributed by atoms with Gasteiger partial charge in [0, 0.05) is 6.07 Å². The Morgan fingerprint density at radius 3 is 3.00 bits per heavy atom. The first-order chi connectivity index (χ1) is 5.77. The molecule has 3 heteroatoms. The van der Waals surface area contributed by atoms with Crippen LogP contribution in [-0.2, 0) is 0 Å². The van der Waals surface area contributed by atoms with Crippen LogP contribution in [-0.4, -0.2) is 12.1 Å². The summed E-state index contributed by atoms with van der Waals surface area (Å²) in [6, 6.07) is 5.25. The minimum Gasteiger partial charge on any atom is -0.481 e. The fourth-order valence-electron chi connectivity index (χ4n) is 0.851. The van der Waals surface area contributed by atoms with Gasteiger partial charge in [-0.05, 0) is 6.07 Å². The van der Waals surface area contributed by atoms with Crippen LogP contribution >= 0.6 is 0 Å². The van der Waals surface area contributed by atoms with E-state index in [0.29, 0.717) is 5.88 Å². The van der Waals surface area contributed by atoms with E-state index in [1.165, 1.54) is 0 Å². The van der Waals surface area contributed by atoms with Gasteiger partial charge in [-0.15, -0.1) is 6.58 Å². The Balaban J connectivity index is 2.93. The number of hydrogen-bond donors (Lipinski definition) is 1. The van der Waals surface area contributed by atoms with E-state index >= 15 is 0 Å². The van der Waals surface area contributed by atoms with Crippen molar-refractivity contribution < 1.29 is 4.74 Å². The van der Waals surface area contributed by atoms with Gasteiger partial charge in [0.15, 0.2) is 0 Å². The molecule has 1 atom stereocenters. The molecule has 1 rings (SSSR count). The van der Waals surface area contributed by atoms with Crippen molar-refractivity contribution >= 4 is 0 Å². The second-order valence-electron chi connectivity index (χ2n) is 2.37. The molecule has 0 amide bonds. The van der Waals surface area contributed by atoms with Gasteiger partial charge in [-0.1, -0.05) is 12.1 Å². The quantitative estimate of drug-likeness (QED) is 0.684. The van der Waals surface area contributed by atoms with Crippen LogP contribution in [0.4, 0.5) is 0 Å². The zero-order valence-electron chi connectivity index (χ0n) is 7.03. The molecule has 0 saturated heterocycles. The Bertz CT molecular complexity index is 273. The molecule has 0 bridgehead atoms. The third-order valence-corrected chi connectivity index (χ3v) is 1.55. The van der Waals surface area contributed by atoms with Gasteiger partial charge < -0.3 is 10.5 Å². The van der Waals surface area contributed by atoms with Crippen molar-refractivity contribution in [1.82, 2.24) is 4.98 Å². The molecule has 0 aliphatic rings. The lowest BCUT2D eigenvalue weighted by Crippen LogP contribution is -2.08. The SMILES string of the molecule is C=C[C@H](N)c1cccc(OC)n1. The minimum absolute atomic E-state index is 0.222. The Morgan fingerprint density at radius 1 is 1.67 bits per heavy atom. The van der Waals surface area contributed by atoms with Gasteiger partial charge in [-0.3, -0.25) is 0 Å². The van der Waals surface area contributed by atoms with E-state index in [4.69, 9.17) is 10.5 Å². The summed E-state index contributed by atoms with van der Waals surface area (Å²) >= 11 is 0. The molecule has 3 nitrogen and oxygen atoms in total. The summed E-state index contributed by atoms with van der Waals surface area (Å²) in [5, 5.41) is 0. The van der Waals surface area contributed by atoms with Gasteiger partial charge in [0.2, 0.25) is 5.88 Å². The maximum atomic E-state index is 5.68. The standard InChI is InChI=1S/C9H12N2O/c1-3-7(10)8-5-4-6-9(11-8)12-2/h3-7H,1,10H2,2H3/t7-/m0/s1. The zero-order chi connectivity index (χ0) is 8.97. The predicted molar refractivity (Wildman–Crippen MR) is 47.9 cm³/mol. The van der Waals surface area contributed by atoms with Gasteiger partial charge >= 0.3 is 0 Å². The highest BCUT2D eigenvalue weighted by Gasteiger charge is 2.02. The molecular weight excluding hydrogens is 152 g/mol. The number of ether oxygens (including phenoxy) is 1. The average molecular weight is 164 g/mol. The number of rotatable bonds is 3. The highest BCUT2D eigenvalue weighted by atomic mass is 16.5. The van der Waals surface area contributed by atoms with Crippen molar-refractivity contribution in [2.45, 2.75) is 6.04 Å². The van der Waals surface area contributed by atoms with E-state index in [2.05, 4.69) is 11.6 Å². The summed E-state index contributed by atoms with van der Waals surface area (Å²) in [5.41, 5.74) is 6.45. The third-order valence-electron chi connectivity index (χ3n) is 1.55. The molecular formula is C9H12N2O. The van der Waals surface area contributed by atoms with Crippen LogP contribution < -0.4 is 10.5 Å². The van der Waals surface area contributed by atoms with Crippen LogP contribution in [0.5, 0.6) is 5.88 Å². The van der Waals surface area contributed by atoms with E-state index < -0.39 is 0 Å². The van der Waals surface area contributed by atoms with Crippen molar-refractivity contribution in [3.05, 3.63) is 36.5 Å². The van der Waals surface area contributed by atoms with E-state index in [1.54, 1.807) is 19.3 Å². The van der Waals surface area contributed by atoms with Crippen molar-refractivity contribution in [2.75, 3.05) is 7.11 Å². The van der Waals surface area contributed by atoms with Gasteiger partial charge in [-0.25, -0.2) is 4.98 Å². The summed E-state index contributed by atoms with van der Waals surface area (Å²) in [5.74, 6) is 0.574. The summed E-state index contributed by atoms with van der Waals surface area (Å²) in [6.07, 6.45) is 1.64. The highest BCUT2D eigenvalue weighted by molar-refractivity contribution is 5.20. The Hall–Kier alpha value is -1.35. The summed E-state index contributed by atoms with van der Waals surface area (Å²) < 4.78 is 4.95. The second kappa shape index (κ2) is 3.88. The second-order valence-corrected chi connectivity index (χ2v) is 2.37. The van der Waals surface area contributed by atoms with Gasteiger partial charge in [0.25, 0.3) is 0 Å². The van der Waals surface area contributed by atoms with Gasteiger partial charge in [-0.2, -0.15) is 0 Å². The average Bonchev–Trinajstić information content (AvgIpc) is 2.17. The molecule has 0 saturated carbocycles. The smallest absolute Gasteiger partial charge is 0.213 e. The molecule has 64 valence electrons. The number of nitrogens with zero attached hydrogens (tertiary/aromatic N) is 1. The van der Waals surface area contributed by atoms with Crippen molar-refractivity contribution in [3.8, 4) is 5.88 Å². The van der Waals surface area contributed by atoms with Crippen LogP contribution in [0.25, 0.3) is 0 Å². The maximum Gasteiger partial charge on any atom is 0.213 e. The summed E-state index contributed by atoms with van der Waals surface area (Å²) in [6.45, 7) is 3.59. The Labute approximate surface area is 71.9 Å². The molecule has 0 unspecified atom stereocenters. The fourth-order valence-corrected chi connectivity index (χ4v) is 0.851. The number of aromatic nitrogens is 1. The Kier molecular flexibility index (Phi) is 2.82. The van der Waals surface area contributed by atoms with Crippen molar-refractivity contribution in [2.24, 2.45) is 5.73 Å². The van der Waals surface area contributed by atoms with Crippen LogP contribution in [0, 0.1) is 0 Å². The Morgan fingerprint density at radius 2 is 2.42 bits per heavy atom. The largest absolute Gasteiger partial charge is 0.481 e. The zero-order valence-corrected chi connectivity index (χ0v) is 7.03. The lowest BCUT2D eigenvalue weighted by molar-refractivity contribution is 0.396. The summed E-state index contributed by atoms with van der Waals surface area (Å²) in [7, 11) is 1.57. The molecule has 1 aromatic rings. The lowest BCUT2D eigenvalue weighted by atomic mass is 10.2. The first-order valence-corrected chi connectivity index (χ1v) is 3.67. The fraction of sp³-hybridized carbons (Fsp3) is 0.222. The van der Waals surface area contributed by atoms with Crippen molar-refractivity contribution in [3.63, 3.8) is 0 Å². The maximum absolute atomic E-state index is 5.68. The highest BCUT2D eigenvalue weighted by Crippen LogP contribution is 2.12. The van der Waals surface area contributed by atoms with E-state index in [1.807, 2.05) is 12.1 Å².